The first-order chi connectivity index (χ1) is 12.2. The van der Waals surface area contributed by atoms with Crippen LogP contribution in [0.3, 0.4) is 0 Å². The molecule has 0 radical (unpaired) electrons. The molecule has 6 nitrogen and oxygen atoms in total. The van der Waals surface area contributed by atoms with Gasteiger partial charge in [0.15, 0.2) is 0 Å². The Balaban J connectivity index is 1.50. The highest BCUT2D eigenvalue weighted by Crippen LogP contribution is 2.38. The quantitative estimate of drug-likeness (QED) is 0.854. The van der Waals surface area contributed by atoms with Gasteiger partial charge in [-0.2, -0.15) is 0 Å². The summed E-state index contributed by atoms with van der Waals surface area (Å²) in [7, 11) is 0. The summed E-state index contributed by atoms with van der Waals surface area (Å²) in [6, 6.07) is 2.17. The van der Waals surface area contributed by atoms with E-state index < -0.39 is 0 Å². The third-order valence-corrected chi connectivity index (χ3v) is 5.30. The summed E-state index contributed by atoms with van der Waals surface area (Å²) in [6.45, 7) is 10.2. The minimum atomic E-state index is 0.596. The number of nitrogens with zero attached hydrogens (tertiary/aromatic N) is 6. The van der Waals surface area contributed by atoms with Crippen LogP contribution in [0.5, 0.6) is 0 Å². The summed E-state index contributed by atoms with van der Waals surface area (Å²) < 4.78 is 0. The van der Waals surface area contributed by atoms with E-state index in [0.717, 1.165) is 61.4 Å². The molecule has 0 unspecified atom stereocenters. The number of aryl methyl sites for hydroxylation is 2. The summed E-state index contributed by atoms with van der Waals surface area (Å²) >= 11 is 0. The Labute approximate surface area is 149 Å². The van der Waals surface area contributed by atoms with Crippen LogP contribution in [0, 0.1) is 13.8 Å². The molecule has 0 amide bonds. The Bertz CT molecular complexity index is 763. The SMILES string of the molecule is CCc1cc(N2CCN(c3ncnc(C)c3C)CC2)nc(C2CC2)n1. The van der Waals surface area contributed by atoms with Crippen molar-refractivity contribution in [3.05, 3.63) is 35.2 Å². The van der Waals surface area contributed by atoms with E-state index in [2.05, 4.69) is 39.7 Å². The van der Waals surface area contributed by atoms with Gasteiger partial charge in [-0.3, -0.25) is 0 Å². The van der Waals surface area contributed by atoms with E-state index in [-0.39, 0.29) is 0 Å². The first-order valence-electron chi connectivity index (χ1n) is 9.31. The third kappa shape index (κ3) is 3.30. The zero-order chi connectivity index (χ0) is 17.4. The van der Waals surface area contributed by atoms with Crippen molar-refractivity contribution in [3.8, 4) is 0 Å². The van der Waals surface area contributed by atoms with Gasteiger partial charge in [-0.1, -0.05) is 6.92 Å². The fraction of sp³-hybridized carbons (Fsp3) is 0.579. The van der Waals surface area contributed by atoms with Crippen molar-refractivity contribution >= 4 is 11.6 Å². The lowest BCUT2D eigenvalue weighted by Crippen LogP contribution is -2.47. The number of piperazine rings is 1. The molecular weight excluding hydrogens is 312 g/mol. The minimum absolute atomic E-state index is 0.596. The summed E-state index contributed by atoms with van der Waals surface area (Å²) in [6.07, 6.45) is 5.12. The Hall–Kier alpha value is -2.24. The lowest BCUT2D eigenvalue weighted by Gasteiger charge is -2.36. The maximum atomic E-state index is 4.87. The smallest absolute Gasteiger partial charge is 0.135 e. The van der Waals surface area contributed by atoms with Crippen molar-refractivity contribution in [3.63, 3.8) is 0 Å². The van der Waals surface area contributed by atoms with Gasteiger partial charge in [-0.25, -0.2) is 19.9 Å². The fourth-order valence-electron chi connectivity index (χ4n) is 3.36. The first-order valence-corrected chi connectivity index (χ1v) is 9.31. The Morgan fingerprint density at radius 1 is 1.00 bits per heavy atom. The second-order valence-electron chi connectivity index (χ2n) is 7.09. The van der Waals surface area contributed by atoms with Crippen molar-refractivity contribution in [2.45, 2.75) is 46.0 Å². The standard InChI is InChI=1S/C19H26N6/c1-4-16-11-17(23-18(22-16)15-5-6-15)24-7-9-25(10-8-24)19-13(2)14(3)20-12-21-19/h11-12,15H,4-10H2,1-3H3. The molecule has 132 valence electrons. The highest BCUT2D eigenvalue weighted by Gasteiger charge is 2.28. The molecule has 4 rings (SSSR count). The van der Waals surface area contributed by atoms with Crippen molar-refractivity contribution in [1.29, 1.82) is 0 Å². The predicted molar refractivity (Wildman–Crippen MR) is 99.3 cm³/mol. The van der Waals surface area contributed by atoms with Gasteiger partial charge < -0.3 is 9.80 Å². The van der Waals surface area contributed by atoms with E-state index >= 15 is 0 Å². The second-order valence-corrected chi connectivity index (χ2v) is 7.09. The summed E-state index contributed by atoms with van der Waals surface area (Å²) in [4.78, 5) is 23.1. The second kappa shape index (κ2) is 6.58. The van der Waals surface area contributed by atoms with Crippen molar-refractivity contribution in [2.24, 2.45) is 0 Å². The average Bonchev–Trinajstić information content (AvgIpc) is 3.49. The lowest BCUT2D eigenvalue weighted by molar-refractivity contribution is 0.635. The molecule has 0 spiro atoms. The van der Waals surface area contributed by atoms with Gasteiger partial charge >= 0.3 is 0 Å². The zero-order valence-corrected chi connectivity index (χ0v) is 15.4. The van der Waals surface area contributed by atoms with Crippen LogP contribution >= 0.6 is 0 Å². The molecule has 0 N–H and O–H groups in total. The third-order valence-electron chi connectivity index (χ3n) is 5.30. The van der Waals surface area contributed by atoms with Crippen molar-refractivity contribution in [2.75, 3.05) is 36.0 Å². The Morgan fingerprint density at radius 3 is 2.40 bits per heavy atom. The molecule has 1 aliphatic heterocycles. The maximum absolute atomic E-state index is 4.87. The van der Waals surface area contributed by atoms with Crippen LogP contribution in [0.15, 0.2) is 12.4 Å². The van der Waals surface area contributed by atoms with Crippen LogP contribution < -0.4 is 9.80 Å². The molecule has 3 heterocycles. The molecule has 1 aliphatic carbocycles. The summed E-state index contributed by atoms with van der Waals surface area (Å²) in [5, 5.41) is 0. The molecule has 2 fully saturated rings. The molecule has 1 saturated carbocycles. The summed E-state index contributed by atoms with van der Waals surface area (Å²) in [5.41, 5.74) is 3.41. The average molecular weight is 338 g/mol. The fourth-order valence-corrected chi connectivity index (χ4v) is 3.36. The van der Waals surface area contributed by atoms with Crippen LogP contribution in [0.2, 0.25) is 0 Å². The molecule has 2 aliphatic rings. The molecule has 2 aromatic heterocycles. The number of rotatable bonds is 4. The van der Waals surface area contributed by atoms with E-state index in [1.165, 1.54) is 18.4 Å². The van der Waals surface area contributed by atoms with E-state index in [1.807, 2.05) is 6.92 Å². The highest BCUT2D eigenvalue weighted by atomic mass is 15.3. The van der Waals surface area contributed by atoms with E-state index in [9.17, 15) is 0 Å². The van der Waals surface area contributed by atoms with Gasteiger partial charge in [-0.15, -0.1) is 0 Å². The van der Waals surface area contributed by atoms with Gasteiger partial charge in [0, 0.05) is 55.1 Å². The number of anilines is 2. The van der Waals surface area contributed by atoms with E-state index in [1.54, 1.807) is 6.33 Å². The van der Waals surface area contributed by atoms with Crippen LogP contribution in [-0.2, 0) is 6.42 Å². The topological polar surface area (TPSA) is 58.0 Å². The van der Waals surface area contributed by atoms with Crippen LogP contribution in [0.4, 0.5) is 11.6 Å². The molecule has 0 aromatic carbocycles. The van der Waals surface area contributed by atoms with Crippen molar-refractivity contribution in [1.82, 2.24) is 19.9 Å². The number of aromatic nitrogens is 4. The van der Waals surface area contributed by atoms with Gasteiger partial charge in [0.2, 0.25) is 0 Å². The van der Waals surface area contributed by atoms with E-state index in [4.69, 9.17) is 9.97 Å². The largest absolute Gasteiger partial charge is 0.353 e. The van der Waals surface area contributed by atoms with Gasteiger partial charge in [0.1, 0.15) is 23.8 Å². The number of hydrogen-bond donors (Lipinski definition) is 0. The molecular formula is C19H26N6. The van der Waals surface area contributed by atoms with Crippen LogP contribution in [-0.4, -0.2) is 46.1 Å². The van der Waals surface area contributed by atoms with Gasteiger partial charge in [0.05, 0.1) is 0 Å². The monoisotopic (exact) mass is 338 g/mol. The van der Waals surface area contributed by atoms with Gasteiger partial charge in [0.25, 0.3) is 0 Å². The molecule has 6 heteroatoms. The highest BCUT2D eigenvalue weighted by molar-refractivity contribution is 5.50. The predicted octanol–water partition coefficient (Wildman–Crippen LogP) is 2.65. The normalized spacial score (nSPS) is 17.9. The number of hydrogen-bond acceptors (Lipinski definition) is 6. The Morgan fingerprint density at radius 2 is 1.72 bits per heavy atom. The molecule has 2 aromatic rings. The van der Waals surface area contributed by atoms with Crippen LogP contribution in [0.1, 0.15) is 48.5 Å². The zero-order valence-electron chi connectivity index (χ0n) is 15.4. The molecule has 1 saturated heterocycles. The van der Waals surface area contributed by atoms with Gasteiger partial charge in [-0.05, 0) is 33.1 Å². The molecule has 0 atom stereocenters. The van der Waals surface area contributed by atoms with Crippen molar-refractivity contribution < 1.29 is 0 Å². The van der Waals surface area contributed by atoms with E-state index in [0.29, 0.717) is 5.92 Å². The molecule has 25 heavy (non-hydrogen) atoms. The molecule has 0 bridgehead atoms. The van der Waals surface area contributed by atoms with Crippen LogP contribution in [0.25, 0.3) is 0 Å². The maximum Gasteiger partial charge on any atom is 0.135 e. The summed E-state index contributed by atoms with van der Waals surface area (Å²) in [5.74, 6) is 3.82. The Kier molecular flexibility index (Phi) is 4.27. The minimum Gasteiger partial charge on any atom is -0.353 e. The first kappa shape index (κ1) is 16.2. The lowest BCUT2D eigenvalue weighted by atomic mass is 10.2.